The van der Waals surface area contributed by atoms with Gasteiger partial charge >= 0.3 is 5.97 Å². The summed E-state index contributed by atoms with van der Waals surface area (Å²) in [6.07, 6.45) is 7.26. The third-order valence-electron chi connectivity index (χ3n) is 6.04. The highest BCUT2D eigenvalue weighted by molar-refractivity contribution is 6.21. The Labute approximate surface area is 225 Å². The van der Waals surface area contributed by atoms with Crippen molar-refractivity contribution in [1.29, 1.82) is 0 Å². The van der Waals surface area contributed by atoms with E-state index in [4.69, 9.17) is 14.3 Å². The van der Waals surface area contributed by atoms with Crippen LogP contribution >= 0.6 is 0 Å². The van der Waals surface area contributed by atoms with Gasteiger partial charge in [-0.05, 0) is 74.8 Å². The summed E-state index contributed by atoms with van der Waals surface area (Å²) in [6.45, 7) is 5.95. The average molecular weight is 529 g/mol. The molecular formula is C29H28N4O6. The molecule has 2 aliphatic rings. The lowest BCUT2D eigenvalue weighted by Crippen LogP contribution is -2.18. The van der Waals surface area contributed by atoms with Gasteiger partial charge in [0.15, 0.2) is 22.9 Å². The first-order valence-corrected chi connectivity index (χ1v) is 12.3. The number of hydrogen-bond acceptors (Lipinski definition) is 8. The Morgan fingerprint density at radius 3 is 2.64 bits per heavy atom. The number of hydrogen-bond donors (Lipinski definition) is 4. The summed E-state index contributed by atoms with van der Waals surface area (Å²) in [5, 5.41) is 30.8. The monoisotopic (exact) mass is 528 g/mol. The molecule has 4 heterocycles. The smallest absolute Gasteiger partial charge is 0.345 e. The minimum Gasteiger partial charge on any atom is -0.504 e. The molecule has 0 bridgehead atoms. The minimum absolute atomic E-state index is 0.0186. The second kappa shape index (κ2) is 12.1. The molecule has 1 aromatic carbocycles. The van der Waals surface area contributed by atoms with E-state index in [1.54, 1.807) is 24.6 Å². The molecule has 0 atom stereocenters. The standard InChI is InChI=1S/C27H24N4O4.C2H4O2/c1-17-14-18(6-5-13-31-11-2-3-12-31)8-9-21(17)30-26-23(27(33)34)24(32)22(35-26)15-19-16-29-25-20(19)7-4-10-28-25;1-2(3)4/h4,7-10,14-16,30,32H,2-3,11-13H2,1H3,(H,33,34);1H3,(H,3,4). The summed E-state index contributed by atoms with van der Waals surface area (Å²) < 4.78 is 5.76. The highest BCUT2D eigenvalue weighted by atomic mass is 16.4. The molecule has 2 aliphatic heterocycles. The Morgan fingerprint density at radius 1 is 1.21 bits per heavy atom. The van der Waals surface area contributed by atoms with Crippen LogP contribution in [0.5, 0.6) is 5.75 Å². The number of pyridine rings is 1. The zero-order valence-electron chi connectivity index (χ0n) is 21.6. The Hall–Kier alpha value is -4.88. The summed E-state index contributed by atoms with van der Waals surface area (Å²) >= 11 is 0. The molecule has 0 aliphatic carbocycles. The van der Waals surface area contributed by atoms with E-state index in [9.17, 15) is 15.0 Å². The number of aromatic carboxylic acids is 1. The second-order valence-electron chi connectivity index (χ2n) is 9.02. The number of nitrogens with one attached hydrogen (secondary N) is 1. The lowest BCUT2D eigenvalue weighted by molar-refractivity contribution is -0.134. The molecule has 1 saturated heterocycles. The molecule has 2 aromatic heterocycles. The molecule has 10 heteroatoms. The summed E-state index contributed by atoms with van der Waals surface area (Å²) in [4.78, 5) is 31.7. The predicted molar refractivity (Wildman–Crippen MR) is 148 cm³/mol. The molecule has 200 valence electrons. The van der Waals surface area contributed by atoms with Crippen LogP contribution < -0.4 is 5.32 Å². The molecule has 39 heavy (non-hydrogen) atoms. The maximum Gasteiger partial charge on any atom is 0.345 e. The lowest BCUT2D eigenvalue weighted by Gasteiger charge is -2.09. The van der Waals surface area contributed by atoms with Crippen LogP contribution in [0.2, 0.25) is 0 Å². The van der Waals surface area contributed by atoms with Gasteiger partial charge in [0.05, 0.1) is 6.54 Å². The van der Waals surface area contributed by atoms with Gasteiger partial charge in [-0.1, -0.05) is 11.8 Å². The zero-order valence-corrected chi connectivity index (χ0v) is 21.6. The number of aromatic hydroxyl groups is 1. The molecule has 1 fully saturated rings. The fourth-order valence-electron chi connectivity index (χ4n) is 4.20. The van der Waals surface area contributed by atoms with Gasteiger partial charge in [0.2, 0.25) is 5.88 Å². The molecule has 0 unspecified atom stereocenters. The first-order valence-electron chi connectivity index (χ1n) is 12.3. The molecule has 10 nitrogen and oxygen atoms in total. The van der Waals surface area contributed by atoms with E-state index in [2.05, 4.69) is 32.0 Å². The van der Waals surface area contributed by atoms with E-state index in [0.717, 1.165) is 43.2 Å². The minimum atomic E-state index is -1.30. The number of fused-ring (bicyclic) bond motifs is 1. The van der Waals surface area contributed by atoms with Crippen LogP contribution in [0.1, 0.15) is 52.6 Å². The molecule has 4 N–H and O–H groups in total. The van der Waals surface area contributed by atoms with E-state index in [-0.39, 0.29) is 17.2 Å². The van der Waals surface area contributed by atoms with Crippen molar-refractivity contribution >= 4 is 47.2 Å². The van der Waals surface area contributed by atoms with Crippen LogP contribution in [-0.2, 0) is 4.79 Å². The van der Waals surface area contributed by atoms with Crippen LogP contribution in [0.15, 0.2) is 45.9 Å². The molecule has 0 saturated carbocycles. The van der Waals surface area contributed by atoms with Gasteiger partial charge in [0.1, 0.15) is 0 Å². The number of carboxylic acids is 2. The van der Waals surface area contributed by atoms with Gasteiger partial charge in [-0.15, -0.1) is 0 Å². The highest BCUT2D eigenvalue weighted by Gasteiger charge is 2.26. The number of aromatic nitrogens is 1. The highest BCUT2D eigenvalue weighted by Crippen LogP contribution is 2.39. The fourth-order valence-corrected chi connectivity index (χ4v) is 4.20. The van der Waals surface area contributed by atoms with Crippen molar-refractivity contribution in [2.24, 2.45) is 4.99 Å². The van der Waals surface area contributed by atoms with Crippen molar-refractivity contribution in [2.75, 3.05) is 25.0 Å². The lowest BCUT2D eigenvalue weighted by atomic mass is 10.1. The quantitative estimate of drug-likeness (QED) is 0.338. The molecule has 0 radical (unpaired) electrons. The van der Waals surface area contributed by atoms with Gasteiger partial charge in [0, 0.05) is 41.7 Å². The van der Waals surface area contributed by atoms with Gasteiger partial charge in [0.25, 0.3) is 5.97 Å². The molecule has 0 amide bonds. The van der Waals surface area contributed by atoms with Crippen molar-refractivity contribution in [3.8, 4) is 17.6 Å². The molecule has 5 rings (SSSR count). The van der Waals surface area contributed by atoms with Crippen molar-refractivity contribution in [3.05, 3.63) is 64.5 Å². The Balaban J connectivity index is 0.000000826. The molecule has 0 spiro atoms. The zero-order chi connectivity index (χ0) is 27.9. The van der Waals surface area contributed by atoms with Crippen molar-refractivity contribution in [3.63, 3.8) is 0 Å². The summed E-state index contributed by atoms with van der Waals surface area (Å²) in [7, 11) is 0. The largest absolute Gasteiger partial charge is 0.504 e. The van der Waals surface area contributed by atoms with E-state index in [1.165, 1.54) is 12.8 Å². The van der Waals surface area contributed by atoms with E-state index in [1.807, 2.05) is 31.2 Å². The van der Waals surface area contributed by atoms with Gasteiger partial charge in [-0.2, -0.15) is 0 Å². The van der Waals surface area contributed by atoms with Crippen LogP contribution in [-0.4, -0.2) is 63.0 Å². The molecular weight excluding hydrogens is 500 g/mol. The van der Waals surface area contributed by atoms with Crippen LogP contribution in [0.3, 0.4) is 0 Å². The Kier molecular flexibility index (Phi) is 8.43. The molecule has 3 aromatic rings. The number of aliphatic carboxylic acids is 1. The van der Waals surface area contributed by atoms with Gasteiger partial charge < -0.3 is 25.1 Å². The van der Waals surface area contributed by atoms with Gasteiger partial charge in [-0.25, -0.2) is 14.8 Å². The number of rotatable bonds is 5. The van der Waals surface area contributed by atoms with Crippen molar-refractivity contribution in [1.82, 2.24) is 9.88 Å². The van der Waals surface area contributed by atoms with E-state index < -0.39 is 17.7 Å². The Morgan fingerprint density at radius 2 is 1.95 bits per heavy atom. The number of carboxylic acid groups (broad SMARTS) is 2. The first kappa shape index (κ1) is 27.2. The van der Waals surface area contributed by atoms with E-state index >= 15 is 0 Å². The van der Waals surface area contributed by atoms with Crippen LogP contribution in [0.4, 0.5) is 17.4 Å². The SMILES string of the molecule is CC(=O)O.Cc1cc(C#CCN2CCCC2)ccc1Nc1oc(C=C2C=Nc3ncccc32)c(O)c1C(=O)O. The third kappa shape index (κ3) is 6.71. The predicted octanol–water partition coefficient (Wildman–Crippen LogP) is 4.93. The summed E-state index contributed by atoms with van der Waals surface area (Å²) in [6, 6.07) is 9.26. The number of aryl methyl sites for hydroxylation is 1. The number of furan rings is 1. The number of carbonyl (C=O) groups is 2. The van der Waals surface area contributed by atoms with Crippen molar-refractivity contribution < 1.29 is 29.3 Å². The number of aliphatic imine (C=N–C) groups is 1. The number of anilines is 2. The first-order chi connectivity index (χ1) is 18.7. The van der Waals surface area contributed by atoms with Crippen LogP contribution in [0.25, 0.3) is 11.6 Å². The average Bonchev–Trinajstić information content (AvgIpc) is 3.61. The number of benzene rings is 1. The summed E-state index contributed by atoms with van der Waals surface area (Å²) in [5.74, 6) is 4.34. The maximum atomic E-state index is 11.9. The number of allylic oxidation sites excluding steroid dienone is 1. The fraction of sp³-hybridized carbons (Fsp3) is 0.241. The number of nitrogens with zero attached hydrogens (tertiary/aromatic N) is 3. The number of likely N-dealkylation sites (tertiary alicyclic amines) is 1. The van der Waals surface area contributed by atoms with Crippen LogP contribution in [0, 0.1) is 18.8 Å². The normalized spacial score (nSPS) is 14.8. The van der Waals surface area contributed by atoms with E-state index in [0.29, 0.717) is 17.1 Å². The van der Waals surface area contributed by atoms with Crippen molar-refractivity contribution in [2.45, 2.75) is 26.7 Å². The second-order valence-corrected chi connectivity index (χ2v) is 9.02. The Bertz CT molecular complexity index is 1520. The topological polar surface area (TPSA) is 148 Å². The maximum absolute atomic E-state index is 11.9. The third-order valence-corrected chi connectivity index (χ3v) is 6.04. The van der Waals surface area contributed by atoms with Gasteiger partial charge in [-0.3, -0.25) is 9.69 Å². The summed E-state index contributed by atoms with van der Waals surface area (Å²) in [5.41, 5.74) is 3.49.